The van der Waals surface area contributed by atoms with Gasteiger partial charge in [-0.15, -0.1) is 12.4 Å². The van der Waals surface area contributed by atoms with Crippen molar-refractivity contribution in [2.45, 2.75) is 44.2 Å². The van der Waals surface area contributed by atoms with Crippen LogP contribution in [0, 0.1) is 0 Å². The summed E-state index contributed by atoms with van der Waals surface area (Å²) in [5, 5.41) is 6.46. The van der Waals surface area contributed by atoms with Crippen molar-refractivity contribution in [2.24, 2.45) is 0 Å². The van der Waals surface area contributed by atoms with E-state index in [1.165, 1.54) is 24.3 Å². The fourth-order valence-corrected chi connectivity index (χ4v) is 3.33. The van der Waals surface area contributed by atoms with E-state index >= 15 is 0 Å². The zero-order chi connectivity index (χ0) is 10.5. The van der Waals surface area contributed by atoms with Gasteiger partial charge in [0, 0.05) is 6.04 Å². The van der Waals surface area contributed by atoms with E-state index in [4.69, 9.17) is 0 Å². The Balaban J connectivity index is 0.00000128. The number of nitrogens with one attached hydrogen (secondary N) is 2. The van der Waals surface area contributed by atoms with Crippen LogP contribution in [-0.4, -0.2) is 36.0 Å². The van der Waals surface area contributed by atoms with Crippen molar-refractivity contribution in [3.05, 3.63) is 0 Å². The Morgan fingerprint density at radius 1 is 1.19 bits per heavy atom. The summed E-state index contributed by atoms with van der Waals surface area (Å²) in [6.07, 6.45) is 5.69. The van der Waals surface area contributed by atoms with Gasteiger partial charge in [0.25, 0.3) is 0 Å². The van der Waals surface area contributed by atoms with Crippen LogP contribution in [-0.2, 0) is 4.79 Å². The van der Waals surface area contributed by atoms with Crippen LogP contribution in [0.15, 0.2) is 0 Å². The van der Waals surface area contributed by atoms with Crippen molar-refractivity contribution >= 4 is 30.1 Å². The zero-order valence-electron chi connectivity index (χ0n) is 9.54. The van der Waals surface area contributed by atoms with E-state index in [9.17, 15) is 4.79 Å². The van der Waals surface area contributed by atoms with Crippen LogP contribution in [0.2, 0.25) is 0 Å². The Morgan fingerprint density at radius 3 is 2.56 bits per heavy atom. The van der Waals surface area contributed by atoms with Crippen molar-refractivity contribution in [3.8, 4) is 0 Å². The normalized spacial score (nSPS) is 26.9. The number of amides is 1. The molecule has 0 aliphatic carbocycles. The SMILES string of the molecule is Cl.O=C(NC1CCSCC1)C1CCCCN1. The van der Waals surface area contributed by atoms with Crippen LogP contribution in [0.25, 0.3) is 0 Å². The summed E-state index contributed by atoms with van der Waals surface area (Å²) < 4.78 is 0. The lowest BCUT2D eigenvalue weighted by Crippen LogP contribution is -2.50. The fraction of sp³-hybridized carbons (Fsp3) is 0.909. The molecule has 94 valence electrons. The molecule has 1 amide bonds. The lowest BCUT2D eigenvalue weighted by molar-refractivity contribution is -0.124. The first-order valence-electron chi connectivity index (χ1n) is 5.98. The Kier molecular flexibility index (Phi) is 6.54. The van der Waals surface area contributed by atoms with Gasteiger partial charge in [-0.25, -0.2) is 0 Å². The van der Waals surface area contributed by atoms with Gasteiger partial charge in [-0.05, 0) is 43.7 Å². The molecule has 3 nitrogen and oxygen atoms in total. The summed E-state index contributed by atoms with van der Waals surface area (Å²) >= 11 is 1.99. The summed E-state index contributed by atoms with van der Waals surface area (Å²) in [6.45, 7) is 0.999. The Bertz CT molecular complexity index is 216. The van der Waals surface area contributed by atoms with Crippen molar-refractivity contribution in [2.75, 3.05) is 18.1 Å². The number of carbonyl (C=O) groups excluding carboxylic acids is 1. The Morgan fingerprint density at radius 2 is 1.94 bits per heavy atom. The van der Waals surface area contributed by atoms with Crippen molar-refractivity contribution < 1.29 is 4.79 Å². The molecule has 0 radical (unpaired) electrons. The second-order valence-electron chi connectivity index (χ2n) is 4.40. The molecule has 0 aromatic rings. The quantitative estimate of drug-likeness (QED) is 0.795. The molecule has 1 unspecified atom stereocenters. The van der Waals surface area contributed by atoms with Crippen molar-refractivity contribution in [1.29, 1.82) is 0 Å². The molecular formula is C11H21ClN2OS. The first kappa shape index (κ1) is 14.1. The maximum atomic E-state index is 11.9. The minimum atomic E-state index is 0. The number of halogens is 1. The molecule has 2 saturated heterocycles. The van der Waals surface area contributed by atoms with Crippen molar-refractivity contribution in [1.82, 2.24) is 10.6 Å². The van der Waals surface area contributed by atoms with Crippen LogP contribution >= 0.6 is 24.2 Å². The van der Waals surface area contributed by atoms with Crippen LogP contribution in [0.5, 0.6) is 0 Å². The maximum absolute atomic E-state index is 11.9. The van der Waals surface area contributed by atoms with E-state index in [0.29, 0.717) is 6.04 Å². The number of hydrogen-bond donors (Lipinski definition) is 2. The molecule has 2 fully saturated rings. The molecule has 0 aromatic heterocycles. The molecule has 0 saturated carbocycles. The Labute approximate surface area is 108 Å². The van der Waals surface area contributed by atoms with Gasteiger partial charge < -0.3 is 10.6 Å². The average molecular weight is 265 g/mol. The maximum Gasteiger partial charge on any atom is 0.237 e. The molecule has 16 heavy (non-hydrogen) atoms. The van der Waals surface area contributed by atoms with E-state index < -0.39 is 0 Å². The number of carbonyl (C=O) groups is 1. The third kappa shape index (κ3) is 4.15. The van der Waals surface area contributed by atoms with Gasteiger partial charge in [0.2, 0.25) is 5.91 Å². The lowest BCUT2D eigenvalue weighted by atomic mass is 10.0. The monoisotopic (exact) mass is 264 g/mol. The highest BCUT2D eigenvalue weighted by Gasteiger charge is 2.23. The molecule has 0 bridgehead atoms. The Hall–Kier alpha value is 0.0700. The van der Waals surface area contributed by atoms with Gasteiger partial charge in [0.15, 0.2) is 0 Å². The minimum absolute atomic E-state index is 0. The summed E-state index contributed by atoms with van der Waals surface area (Å²) in [4.78, 5) is 11.9. The summed E-state index contributed by atoms with van der Waals surface area (Å²) in [5.41, 5.74) is 0. The average Bonchev–Trinajstić information content (AvgIpc) is 2.31. The van der Waals surface area contributed by atoms with E-state index in [1.54, 1.807) is 0 Å². The van der Waals surface area contributed by atoms with Gasteiger partial charge in [-0.2, -0.15) is 11.8 Å². The van der Waals surface area contributed by atoms with Crippen LogP contribution in [0.1, 0.15) is 32.1 Å². The second-order valence-corrected chi connectivity index (χ2v) is 5.62. The van der Waals surface area contributed by atoms with Crippen LogP contribution in [0.4, 0.5) is 0 Å². The summed E-state index contributed by atoms with van der Waals surface area (Å²) in [7, 11) is 0. The highest BCUT2D eigenvalue weighted by Crippen LogP contribution is 2.17. The van der Waals surface area contributed by atoms with E-state index in [0.717, 1.165) is 25.8 Å². The van der Waals surface area contributed by atoms with Gasteiger partial charge >= 0.3 is 0 Å². The van der Waals surface area contributed by atoms with Gasteiger partial charge in [0.1, 0.15) is 0 Å². The predicted molar refractivity (Wildman–Crippen MR) is 71.4 cm³/mol. The summed E-state index contributed by atoms with van der Waals surface area (Å²) in [5.74, 6) is 2.62. The van der Waals surface area contributed by atoms with E-state index in [2.05, 4.69) is 10.6 Å². The lowest BCUT2D eigenvalue weighted by Gasteiger charge is -2.27. The topological polar surface area (TPSA) is 41.1 Å². The van der Waals surface area contributed by atoms with Gasteiger partial charge in [0.05, 0.1) is 6.04 Å². The molecule has 2 N–H and O–H groups in total. The molecule has 2 aliphatic heterocycles. The third-order valence-electron chi connectivity index (χ3n) is 3.19. The number of rotatable bonds is 2. The number of thioether (sulfide) groups is 1. The van der Waals surface area contributed by atoms with Crippen molar-refractivity contribution in [3.63, 3.8) is 0 Å². The minimum Gasteiger partial charge on any atom is -0.352 e. The molecule has 0 aromatic carbocycles. The number of piperidine rings is 1. The van der Waals surface area contributed by atoms with Crippen LogP contribution < -0.4 is 10.6 Å². The summed E-state index contributed by atoms with van der Waals surface area (Å²) in [6, 6.07) is 0.510. The molecule has 2 aliphatic rings. The predicted octanol–water partition coefficient (Wildman–Crippen LogP) is 1.56. The largest absolute Gasteiger partial charge is 0.352 e. The second kappa shape index (κ2) is 7.41. The highest BCUT2D eigenvalue weighted by atomic mass is 35.5. The van der Waals surface area contributed by atoms with E-state index in [1.807, 2.05) is 11.8 Å². The zero-order valence-corrected chi connectivity index (χ0v) is 11.2. The molecule has 2 heterocycles. The molecular weight excluding hydrogens is 244 g/mol. The standard InChI is InChI=1S/C11H20N2OS.ClH/c14-11(10-3-1-2-6-12-10)13-9-4-7-15-8-5-9;/h9-10,12H,1-8H2,(H,13,14);1H. The smallest absolute Gasteiger partial charge is 0.237 e. The first-order chi connectivity index (χ1) is 7.36. The first-order valence-corrected chi connectivity index (χ1v) is 7.13. The molecule has 2 rings (SSSR count). The van der Waals surface area contributed by atoms with E-state index in [-0.39, 0.29) is 24.4 Å². The van der Waals surface area contributed by atoms with Gasteiger partial charge in [-0.3, -0.25) is 4.79 Å². The van der Waals surface area contributed by atoms with Gasteiger partial charge in [-0.1, -0.05) is 6.42 Å². The molecule has 0 spiro atoms. The fourth-order valence-electron chi connectivity index (χ4n) is 2.22. The molecule has 5 heteroatoms. The third-order valence-corrected chi connectivity index (χ3v) is 4.24. The molecule has 1 atom stereocenters. The highest BCUT2D eigenvalue weighted by molar-refractivity contribution is 7.99. The van der Waals surface area contributed by atoms with Crippen LogP contribution in [0.3, 0.4) is 0 Å². The number of hydrogen-bond acceptors (Lipinski definition) is 3.